The molecule has 2 fully saturated rings. The van der Waals surface area contributed by atoms with Crippen LogP contribution in [0.3, 0.4) is 0 Å². The van der Waals surface area contributed by atoms with Crippen molar-refractivity contribution in [2.45, 2.75) is 25.0 Å². The van der Waals surface area contributed by atoms with Crippen LogP contribution < -0.4 is 14.8 Å². The van der Waals surface area contributed by atoms with Crippen LogP contribution in [0.4, 0.5) is 11.5 Å². The summed E-state index contributed by atoms with van der Waals surface area (Å²) in [5, 5.41) is 4.85. The van der Waals surface area contributed by atoms with Crippen molar-refractivity contribution in [1.82, 2.24) is 14.9 Å². The van der Waals surface area contributed by atoms with Gasteiger partial charge in [-0.2, -0.15) is 0 Å². The number of hydrogen-bond acceptors (Lipinski definition) is 7. The van der Waals surface area contributed by atoms with Gasteiger partial charge >= 0.3 is 0 Å². The molecule has 0 aliphatic carbocycles. The van der Waals surface area contributed by atoms with Crippen LogP contribution in [-0.2, 0) is 4.74 Å². The molecule has 2 saturated heterocycles. The quantitative estimate of drug-likeness (QED) is 0.347. The molecule has 2 aromatic carbocycles. The number of anilines is 2. The molecular weight excluding hydrogens is 567 g/mol. The second-order valence-corrected chi connectivity index (χ2v) is 9.76. The zero-order valence-corrected chi connectivity index (χ0v) is 22.3. The first-order valence-corrected chi connectivity index (χ1v) is 12.3. The third-order valence-electron chi connectivity index (χ3n) is 6.10. The number of morpholine rings is 1. The molecule has 1 N–H and O–H groups in total. The summed E-state index contributed by atoms with van der Waals surface area (Å²) in [5.74, 6) is 1.79. The van der Waals surface area contributed by atoms with Crippen molar-refractivity contribution < 1.29 is 14.2 Å². The Morgan fingerprint density at radius 1 is 1.21 bits per heavy atom. The molecule has 11 heteroatoms. The van der Waals surface area contributed by atoms with Crippen LogP contribution in [0.15, 0.2) is 35.1 Å². The number of benzene rings is 2. The third-order valence-corrected chi connectivity index (χ3v) is 7.87. The van der Waals surface area contributed by atoms with Crippen LogP contribution in [0.2, 0.25) is 10.0 Å². The highest BCUT2D eigenvalue weighted by molar-refractivity contribution is 9.10. The summed E-state index contributed by atoms with van der Waals surface area (Å²) in [6, 6.07) is 7.94. The Kier molecular flexibility index (Phi) is 8.28. The molecule has 182 valence electrons. The van der Waals surface area contributed by atoms with Gasteiger partial charge in [-0.15, -0.1) is 12.4 Å². The maximum atomic E-state index is 6.40. The largest absolute Gasteiger partial charge is 0.493 e. The van der Waals surface area contributed by atoms with Gasteiger partial charge in [0.15, 0.2) is 11.5 Å². The number of methoxy groups -OCH3 is 1. The molecule has 0 spiro atoms. The van der Waals surface area contributed by atoms with E-state index in [-0.39, 0.29) is 18.5 Å². The van der Waals surface area contributed by atoms with E-state index >= 15 is 0 Å². The predicted molar refractivity (Wildman–Crippen MR) is 141 cm³/mol. The Hall–Kier alpha value is -1.55. The van der Waals surface area contributed by atoms with E-state index in [4.69, 9.17) is 37.4 Å². The molecular formula is C23H24BrCl3N4O3. The monoisotopic (exact) mass is 588 g/mol. The minimum atomic E-state index is 0. The maximum Gasteiger partial charge on any atom is 0.163 e. The number of nitrogens with zero attached hydrogens (tertiary/aromatic N) is 3. The molecule has 0 unspecified atom stereocenters. The zero-order chi connectivity index (χ0) is 22.9. The van der Waals surface area contributed by atoms with Crippen molar-refractivity contribution in [3.8, 4) is 11.5 Å². The number of ether oxygens (including phenoxy) is 3. The summed E-state index contributed by atoms with van der Waals surface area (Å²) in [6.07, 6.45) is 3.99. The molecule has 0 amide bonds. The van der Waals surface area contributed by atoms with E-state index in [2.05, 4.69) is 36.1 Å². The predicted octanol–water partition coefficient (Wildman–Crippen LogP) is 6.12. The molecule has 0 radical (unpaired) electrons. The molecule has 2 aliphatic heterocycles. The lowest BCUT2D eigenvalue weighted by Crippen LogP contribution is -2.48. The summed E-state index contributed by atoms with van der Waals surface area (Å²) in [7, 11) is 1.61. The van der Waals surface area contributed by atoms with E-state index in [9.17, 15) is 0 Å². The Morgan fingerprint density at radius 2 is 2.06 bits per heavy atom. The normalized spacial score (nSPS) is 20.0. The van der Waals surface area contributed by atoms with Crippen LogP contribution in [-0.4, -0.2) is 60.4 Å². The lowest BCUT2D eigenvalue weighted by Gasteiger charge is -2.35. The van der Waals surface area contributed by atoms with Crippen LogP contribution in [0.5, 0.6) is 11.5 Å². The minimum absolute atomic E-state index is 0. The summed E-state index contributed by atoms with van der Waals surface area (Å²) in [6.45, 7) is 3.26. The van der Waals surface area contributed by atoms with Gasteiger partial charge in [0, 0.05) is 28.5 Å². The van der Waals surface area contributed by atoms with E-state index < -0.39 is 0 Å². The van der Waals surface area contributed by atoms with Gasteiger partial charge < -0.3 is 19.5 Å². The molecule has 2 atom stereocenters. The lowest BCUT2D eigenvalue weighted by molar-refractivity contribution is -0.0655. The fraction of sp³-hybridized carbons (Fsp3) is 0.391. The van der Waals surface area contributed by atoms with Gasteiger partial charge in [-0.3, -0.25) is 4.90 Å². The molecule has 2 aliphatic rings. The van der Waals surface area contributed by atoms with Crippen molar-refractivity contribution in [1.29, 1.82) is 0 Å². The topological polar surface area (TPSA) is 68.7 Å². The van der Waals surface area contributed by atoms with Gasteiger partial charge in [0.2, 0.25) is 0 Å². The van der Waals surface area contributed by atoms with Crippen molar-refractivity contribution in [3.63, 3.8) is 0 Å². The standard InChI is InChI=1S/C23H23BrCl2N4O3.ClH/c1-31-19-7-15-18(8-20(19)33-11-14-9-30-6-2-3-13(30)10-32-14)27-12-28-23(15)29-17-5-4-16(24)21(25)22(17)26;/h4-5,7-8,12-14H,2-3,6,9-11H2,1H3,(H,27,28,29);1H/t13-,14-;/m0./s1. The number of nitrogens with one attached hydrogen (secondary N) is 1. The van der Waals surface area contributed by atoms with Crippen LogP contribution in [0.25, 0.3) is 10.9 Å². The number of aromatic nitrogens is 2. The van der Waals surface area contributed by atoms with E-state index in [1.165, 1.54) is 19.2 Å². The van der Waals surface area contributed by atoms with E-state index in [1.54, 1.807) is 7.11 Å². The first-order chi connectivity index (χ1) is 16.0. The second kappa shape index (κ2) is 11.0. The van der Waals surface area contributed by atoms with Crippen LogP contribution >= 0.6 is 51.5 Å². The Labute approximate surface area is 222 Å². The number of halogens is 4. The van der Waals surface area contributed by atoms with Crippen LogP contribution in [0.1, 0.15) is 12.8 Å². The third kappa shape index (κ3) is 5.17. The van der Waals surface area contributed by atoms with Gasteiger partial charge in [0.25, 0.3) is 0 Å². The Morgan fingerprint density at radius 3 is 2.88 bits per heavy atom. The maximum absolute atomic E-state index is 6.40. The average Bonchev–Trinajstić information content (AvgIpc) is 3.30. The molecule has 0 bridgehead atoms. The molecule has 7 nitrogen and oxygen atoms in total. The fourth-order valence-electron chi connectivity index (χ4n) is 4.36. The summed E-state index contributed by atoms with van der Waals surface area (Å²) in [5.41, 5.74) is 1.35. The minimum Gasteiger partial charge on any atom is -0.493 e. The molecule has 3 heterocycles. The highest BCUT2D eigenvalue weighted by Gasteiger charge is 2.32. The lowest BCUT2D eigenvalue weighted by atomic mass is 10.2. The van der Waals surface area contributed by atoms with Crippen molar-refractivity contribution in [2.24, 2.45) is 0 Å². The molecule has 1 aromatic heterocycles. The fourth-order valence-corrected chi connectivity index (χ4v) is 5.18. The van der Waals surface area contributed by atoms with Crippen molar-refractivity contribution >= 4 is 73.9 Å². The molecule has 3 aromatic rings. The van der Waals surface area contributed by atoms with Crippen molar-refractivity contribution in [3.05, 3.63) is 45.1 Å². The summed E-state index contributed by atoms with van der Waals surface area (Å²) < 4.78 is 18.5. The van der Waals surface area contributed by atoms with Gasteiger partial charge in [-0.1, -0.05) is 23.2 Å². The van der Waals surface area contributed by atoms with E-state index in [0.717, 1.165) is 29.6 Å². The average molecular weight is 591 g/mol. The second-order valence-electron chi connectivity index (χ2n) is 8.15. The number of rotatable bonds is 6. The SMILES string of the molecule is COc1cc2c(Nc3ccc(Br)c(Cl)c3Cl)ncnc2cc1OC[C@@H]1CN2CCC[C@H]2CO1.Cl. The summed E-state index contributed by atoms with van der Waals surface area (Å²) >= 11 is 16.0. The first kappa shape index (κ1) is 25.5. The Bertz CT molecular complexity index is 1190. The smallest absolute Gasteiger partial charge is 0.163 e. The number of fused-ring (bicyclic) bond motifs is 2. The molecule has 34 heavy (non-hydrogen) atoms. The highest BCUT2D eigenvalue weighted by atomic mass is 79.9. The number of hydrogen-bond donors (Lipinski definition) is 1. The van der Waals surface area contributed by atoms with Gasteiger partial charge in [0.05, 0.1) is 35.0 Å². The van der Waals surface area contributed by atoms with E-state index in [0.29, 0.717) is 51.2 Å². The molecule has 5 rings (SSSR count). The molecule has 0 saturated carbocycles. The van der Waals surface area contributed by atoms with Gasteiger partial charge in [-0.25, -0.2) is 9.97 Å². The highest BCUT2D eigenvalue weighted by Crippen LogP contribution is 2.39. The first-order valence-electron chi connectivity index (χ1n) is 10.7. The Balaban J connectivity index is 0.00000274. The van der Waals surface area contributed by atoms with Crippen molar-refractivity contribution in [2.75, 3.05) is 38.7 Å². The van der Waals surface area contributed by atoms with E-state index in [1.807, 2.05) is 24.3 Å². The van der Waals surface area contributed by atoms with Gasteiger partial charge in [-0.05, 0) is 53.5 Å². The zero-order valence-electron chi connectivity index (χ0n) is 18.4. The van der Waals surface area contributed by atoms with Crippen LogP contribution in [0, 0.1) is 0 Å². The summed E-state index contributed by atoms with van der Waals surface area (Å²) in [4.78, 5) is 11.3. The van der Waals surface area contributed by atoms with Gasteiger partial charge in [0.1, 0.15) is 24.9 Å².